The first kappa shape index (κ1) is 20.0. The highest BCUT2D eigenvalue weighted by atomic mass is 32.2. The van der Waals surface area contributed by atoms with Crippen molar-refractivity contribution in [2.75, 3.05) is 12.3 Å². The van der Waals surface area contributed by atoms with Crippen molar-refractivity contribution in [2.45, 2.75) is 12.2 Å². The van der Waals surface area contributed by atoms with Crippen LogP contribution in [0.15, 0.2) is 72.8 Å². The molecule has 0 spiro atoms. The third-order valence-electron chi connectivity index (χ3n) is 5.14. The van der Waals surface area contributed by atoms with E-state index in [1.54, 1.807) is 36.4 Å². The Labute approximate surface area is 175 Å². The van der Waals surface area contributed by atoms with Gasteiger partial charge in [0.15, 0.2) is 15.6 Å². The van der Waals surface area contributed by atoms with Gasteiger partial charge in [0.05, 0.1) is 11.5 Å². The molecule has 0 heterocycles. The van der Waals surface area contributed by atoms with Gasteiger partial charge in [0, 0.05) is 23.2 Å². The predicted octanol–water partition coefficient (Wildman–Crippen LogP) is 3.63. The molecule has 1 amide bonds. The topological polar surface area (TPSA) is 80.3 Å². The third-order valence-corrected chi connectivity index (χ3v) is 6.82. The van der Waals surface area contributed by atoms with Gasteiger partial charge in [0.1, 0.15) is 0 Å². The normalized spacial score (nSPS) is 12.3. The standard InChI is InChI=1S/C24H21NO4S/c26-23-21-10-5-4-9-19(21)20-12-11-18(15-22(20)23)24(27)25-13-6-14-30(28,29)16-17-7-2-1-3-8-17/h1-5,7-12,15H,6,13-14,16H2,(H,25,27). The molecule has 0 atom stereocenters. The molecule has 0 radical (unpaired) electrons. The summed E-state index contributed by atoms with van der Waals surface area (Å²) in [5.41, 5.74) is 4.03. The van der Waals surface area contributed by atoms with Crippen molar-refractivity contribution >= 4 is 21.5 Å². The van der Waals surface area contributed by atoms with Gasteiger partial charge in [-0.05, 0) is 35.2 Å². The Bertz CT molecular complexity index is 1220. The highest BCUT2D eigenvalue weighted by Crippen LogP contribution is 2.36. The fourth-order valence-electron chi connectivity index (χ4n) is 3.67. The van der Waals surface area contributed by atoms with E-state index in [1.807, 2.05) is 36.4 Å². The molecular weight excluding hydrogens is 398 g/mol. The Morgan fingerprint density at radius 3 is 2.23 bits per heavy atom. The van der Waals surface area contributed by atoms with Gasteiger partial charge in [-0.1, -0.05) is 60.7 Å². The van der Waals surface area contributed by atoms with Crippen LogP contribution in [0.2, 0.25) is 0 Å². The second kappa shape index (κ2) is 8.24. The van der Waals surface area contributed by atoms with Crippen molar-refractivity contribution in [3.63, 3.8) is 0 Å². The Kier molecular flexibility index (Phi) is 5.50. The van der Waals surface area contributed by atoms with Crippen LogP contribution in [0.4, 0.5) is 0 Å². The van der Waals surface area contributed by atoms with E-state index in [-0.39, 0.29) is 29.7 Å². The van der Waals surface area contributed by atoms with Crippen LogP contribution in [0.5, 0.6) is 0 Å². The minimum Gasteiger partial charge on any atom is -0.352 e. The van der Waals surface area contributed by atoms with Crippen LogP contribution in [0.25, 0.3) is 11.1 Å². The highest BCUT2D eigenvalue weighted by molar-refractivity contribution is 7.90. The monoisotopic (exact) mass is 419 g/mol. The first-order valence-electron chi connectivity index (χ1n) is 9.75. The van der Waals surface area contributed by atoms with Crippen LogP contribution in [0, 0.1) is 0 Å². The third kappa shape index (κ3) is 4.19. The summed E-state index contributed by atoms with van der Waals surface area (Å²) in [5, 5.41) is 2.75. The van der Waals surface area contributed by atoms with E-state index in [9.17, 15) is 18.0 Å². The smallest absolute Gasteiger partial charge is 0.251 e. The number of benzene rings is 3. The zero-order chi connectivity index (χ0) is 21.1. The van der Waals surface area contributed by atoms with E-state index in [0.29, 0.717) is 23.1 Å². The van der Waals surface area contributed by atoms with Gasteiger partial charge in [-0.2, -0.15) is 0 Å². The van der Waals surface area contributed by atoms with E-state index in [2.05, 4.69) is 5.32 Å². The number of fused-ring (bicyclic) bond motifs is 3. The van der Waals surface area contributed by atoms with Gasteiger partial charge in [0.2, 0.25) is 0 Å². The molecule has 1 N–H and O–H groups in total. The second-order valence-electron chi connectivity index (χ2n) is 7.32. The number of rotatable bonds is 7. The van der Waals surface area contributed by atoms with Crippen molar-refractivity contribution in [1.82, 2.24) is 5.32 Å². The first-order valence-corrected chi connectivity index (χ1v) is 11.6. The summed E-state index contributed by atoms with van der Waals surface area (Å²) in [6.45, 7) is 0.248. The molecule has 0 unspecified atom stereocenters. The fourth-order valence-corrected chi connectivity index (χ4v) is 5.09. The minimum absolute atomic E-state index is 0.000156. The molecule has 0 saturated heterocycles. The average molecular weight is 420 g/mol. The first-order chi connectivity index (χ1) is 14.4. The summed E-state index contributed by atoms with van der Waals surface area (Å²) in [6, 6.07) is 21.5. The van der Waals surface area contributed by atoms with E-state index >= 15 is 0 Å². The molecule has 3 aromatic carbocycles. The average Bonchev–Trinajstić information content (AvgIpc) is 3.03. The lowest BCUT2D eigenvalue weighted by atomic mass is 10.0. The van der Waals surface area contributed by atoms with Gasteiger partial charge in [0.25, 0.3) is 5.91 Å². The number of amides is 1. The van der Waals surface area contributed by atoms with Crippen molar-refractivity contribution in [3.05, 3.63) is 95.1 Å². The molecule has 30 heavy (non-hydrogen) atoms. The molecule has 6 heteroatoms. The van der Waals surface area contributed by atoms with Crippen LogP contribution in [-0.2, 0) is 15.6 Å². The zero-order valence-electron chi connectivity index (χ0n) is 16.3. The molecule has 3 aromatic rings. The Morgan fingerprint density at radius 1 is 0.800 bits per heavy atom. The Morgan fingerprint density at radius 2 is 1.47 bits per heavy atom. The van der Waals surface area contributed by atoms with E-state index < -0.39 is 9.84 Å². The van der Waals surface area contributed by atoms with Crippen LogP contribution in [-0.4, -0.2) is 32.4 Å². The number of ketones is 1. The Balaban J connectivity index is 1.34. The molecule has 0 saturated carbocycles. The molecule has 0 aliphatic heterocycles. The molecule has 0 aromatic heterocycles. The number of sulfone groups is 1. The number of hydrogen-bond donors (Lipinski definition) is 1. The summed E-state index contributed by atoms with van der Waals surface area (Å²) >= 11 is 0. The van der Waals surface area contributed by atoms with Crippen molar-refractivity contribution in [2.24, 2.45) is 0 Å². The highest BCUT2D eigenvalue weighted by Gasteiger charge is 2.27. The molecule has 1 aliphatic rings. The zero-order valence-corrected chi connectivity index (χ0v) is 17.1. The van der Waals surface area contributed by atoms with Gasteiger partial charge in [-0.15, -0.1) is 0 Å². The number of carbonyl (C=O) groups excluding carboxylic acids is 2. The summed E-state index contributed by atoms with van der Waals surface area (Å²) in [5.74, 6) is -0.403. The number of nitrogens with one attached hydrogen (secondary N) is 1. The quantitative estimate of drug-likeness (QED) is 0.464. The van der Waals surface area contributed by atoms with E-state index in [0.717, 1.165) is 16.7 Å². The van der Waals surface area contributed by atoms with E-state index in [4.69, 9.17) is 0 Å². The molecule has 152 valence electrons. The maximum atomic E-state index is 12.6. The molecule has 5 nitrogen and oxygen atoms in total. The van der Waals surface area contributed by atoms with Crippen LogP contribution in [0.1, 0.15) is 38.3 Å². The predicted molar refractivity (Wildman–Crippen MR) is 116 cm³/mol. The van der Waals surface area contributed by atoms with E-state index in [1.165, 1.54) is 0 Å². The van der Waals surface area contributed by atoms with Crippen LogP contribution < -0.4 is 5.32 Å². The second-order valence-corrected chi connectivity index (χ2v) is 9.51. The maximum absolute atomic E-state index is 12.6. The molecule has 1 aliphatic carbocycles. The van der Waals surface area contributed by atoms with Crippen molar-refractivity contribution in [3.8, 4) is 11.1 Å². The van der Waals surface area contributed by atoms with Gasteiger partial charge in [-0.25, -0.2) is 8.42 Å². The van der Waals surface area contributed by atoms with Crippen LogP contribution in [0.3, 0.4) is 0 Å². The van der Waals surface area contributed by atoms with Gasteiger partial charge in [-0.3, -0.25) is 9.59 Å². The molecular formula is C24H21NO4S. The van der Waals surface area contributed by atoms with Crippen LogP contribution >= 0.6 is 0 Å². The fraction of sp³-hybridized carbons (Fsp3) is 0.167. The lowest BCUT2D eigenvalue weighted by molar-refractivity contribution is 0.0953. The lowest BCUT2D eigenvalue weighted by Gasteiger charge is -2.08. The molecule has 4 rings (SSSR count). The van der Waals surface area contributed by atoms with Gasteiger partial charge >= 0.3 is 0 Å². The summed E-state index contributed by atoms with van der Waals surface area (Å²) < 4.78 is 24.5. The molecule has 0 fully saturated rings. The number of carbonyl (C=O) groups is 2. The van der Waals surface area contributed by atoms with Crippen molar-refractivity contribution < 1.29 is 18.0 Å². The number of hydrogen-bond acceptors (Lipinski definition) is 4. The minimum atomic E-state index is -3.24. The van der Waals surface area contributed by atoms with Crippen molar-refractivity contribution in [1.29, 1.82) is 0 Å². The summed E-state index contributed by atoms with van der Waals surface area (Å²) in [7, 11) is -3.24. The SMILES string of the molecule is O=C(NCCCS(=O)(=O)Cc1ccccc1)c1ccc2c(c1)C(=O)c1ccccc1-2. The molecule has 0 bridgehead atoms. The maximum Gasteiger partial charge on any atom is 0.251 e. The summed E-state index contributed by atoms with van der Waals surface area (Å²) in [6.07, 6.45) is 0.330. The Hall–Kier alpha value is -3.25. The van der Waals surface area contributed by atoms with Gasteiger partial charge < -0.3 is 5.32 Å². The largest absolute Gasteiger partial charge is 0.352 e. The summed E-state index contributed by atoms with van der Waals surface area (Å²) in [4.78, 5) is 25.1. The lowest BCUT2D eigenvalue weighted by Crippen LogP contribution is -2.26.